The number of fused-ring (bicyclic) bond motifs is 7. The second kappa shape index (κ2) is 13.3. The summed E-state index contributed by atoms with van der Waals surface area (Å²) in [4.78, 5) is 0. The molecule has 0 bridgehead atoms. The molecule has 0 saturated carbocycles. The summed E-state index contributed by atoms with van der Waals surface area (Å²) in [5, 5.41) is 10.4. The van der Waals surface area contributed by atoms with Crippen LogP contribution in [-0.2, 0) is 10.8 Å². The maximum atomic E-state index is 6.59. The first-order chi connectivity index (χ1) is 28.8. The van der Waals surface area contributed by atoms with Crippen LogP contribution in [0.4, 0.5) is 0 Å². The quantitative estimate of drug-likeness (QED) is 0.121. The summed E-state index contributed by atoms with van der Waals surface area (Å²) in [6.45, 7) is 9.75. The fourth-order valence-electron chi connectivity index (χ4n) is 10.5. The van der Waals surface area contributed by atoms with Crippen LogP contribution in [0.15, 0.2) is 192 Å². The van der Waals surface area contributed by atoms with Crippen LogP contribution in [0.5, 0.6) is 0 Å². The minimum atomic E-state index is -2.80. The van der Waals surface area contributed by atoms with Crippen molar-refractivity contribution in [3.63, 3.8) is 0 Å². The molecule has 286 valence electrons. The average molecular weight is 778 g/mol. The summed E-state index contributed by atoms with van der Waals surface area (Å²) >= 11 is 0. The Labute approximate surface area is 347 Å². The third-order valence-corrected chi connectivity index (χ3v) is 18.4. The number of rotatable bonds is 6. The second-order valence-corrected chi connectivity index (χ2v) is 21.7. The van der Waals surface area contributed by atoms with E-state index in [-0.39, 0.29) is 10.8 Å². The SMILES string of the molecule is CC1(C)CCC(C)(C)c2cc([Si](c3ccccc3)(c3ccccc3)c3ccc(-n4c5ccccc5c5c(-c6cccc7c6oc6ccccc67)cccc54)cc3)ccc21. The van der Waals surface area contributed by atoms with Gasteiger partial charge in [0.15, 0.2) is 8.07 Å². The molecule has 0 amide bonds. The summed E-state index contributed by atoms with van der Waals surface area (Å²) < 4.78 is 9.05. The van der Waals surface area contributed by atoms with Gasteiger partial charge in [-0.3, -0.25) is 0 Å². The van der Waals surface area contributed by atoms with Gasteiger partial charge < -0.3 is 8.98 Å². The van der Waals surface area contributed by atoms with E-state index in [1.165, 1.54) is 72.1 Å². The molecule has 3 heteroatoms. The summed E-state index contributed by atoms with van der Waals surface area (Å²) in [5.74, 6) is 0. The summed E-state index contributed by atoms with van der Waals surface area (Å²) in [7, 11) is -2.80. The highest BCUT2D eigenvalue weighted by Crippen LogP contribution is 2.46. The van der Waals surface area contributed by atoms with Gasteiger partial charge in [0, 0.05) is 32.8 Å². The van der Waals surface area contributed by atoms with Gasteiger partial charge in [-0.2, -0.15) is 0 Å². The Morgan fingerprint density at radius 2 is 0.983 bits per heavy atom. The van der Waals surface area contributed by atoms with E-state index in [1.807, 2.05) is 6.07 Å². The van der Waals surface area contributed by atoms with Crippen LogP contribution in [0.2, 0.25) is 0 Å². The third-order valence-electron chi connectivity index (χ3n) is 13.7. The van der Waals surface area contributed by atoms with E-state index in [4.69, 9.17) is 4.42 Å². The van der Waals surface area contributed by atoms with Crippen molar-refractivity contribution in [2.24, 2.45) is 0 Å². The van der Waals surface area contributed by atoms with Crippen molar-refractivity contribution in [2.75, 3.05) is 0 Å². The molecule has 2 aromatic heterocycles. The van der Waals surface area contributed by atoms with Crippen LogP contribution < -0.4 is 20.7 Å². The fourth-order valence-corrected chi connectivity index (χ4v) is 15.3. The normalized spacial score (nSPS) is 14.9. The minimum Gasteiger partial charge on any atom is -0.455 e. The zero-order valence-electron chi connectivity index (χ0n) is 34.2. The lowest BCUT2D eigenvalue weighted by Gasteiger charge is -2.43. The number of benzene rings is 8. The van der Waals surface area contributed by atoms with Crippen molar-refractivity contribution in [3.8, 4) is 16.8 Å². The first-order valence-corrected chi connectivity index (χ1v) is 23.1. The van der Waals surface area contributed by atoms with E-state index in [9.17, 15) is 0 Å². The van der Waals surface area contributed by atoms with E-state index in [2.05, 4.69) is 214 Å². The van der Waals surface area contributed by atoms with Gasteiger partial charge in [0.1, 0.15) is 11.2 Å². The Bertz CT molecular complexity index is 3160. The van der Waals surface area contributed by atoms with Gasteiger partial charge in [-0.25, -0.2) is 0 Å². The topological polar surface area (TPSA) is 18.1 Å². The molecule has 10 aromatic rings. The molecule has 0 fully saturated rings. The molecule has 0 N–H and O–H groups in total. The Morgan fingerprint density at radius 1 is 0.441 bits per heavy atom. The molecule has 0 aliphatic heterocycles. The Balaban J connectivity index is 1.14. The number of nitrogens with zero attached hydrogens (tertiary/aromatic N) is 1. The van der Waals surface area contributed by atoms with Crippen molar-refractivity contribution in [2.45, 2.75) is 51.4 Å². The molecule has 8 aromatic carbocycles. The molecule has 0 radical (unpaired) electrons. The lowest BCUT2D eigenvalue weighted by Crippen LogP contribution is -2.74. The smallest absolute Gasteiger partial charge is 0.179 e. The molecular weight excluding hydrogens is 731 g/mol. The molecule has 0 unspecified atom stereocenters. The highest BCUT2D eigenvalue weighted by atomic mass is 28.3. The minimum absolute atomic E-state index is 0.101. The van der Waals surface area contributed by atoms with Crippen LogP contribution >= 0.6 is 0 Å². The van der Waals surface area contributed by atoms with Gasteiger partial charge in [0.2, 0.25) is 0 Å². The lowest BCUT2D eigenvalue weighted by molar-refractivity contribution is 0.332. The number of furan rings is 1. The van der Waals surface area contributed by atoms with E-state index < -0.39 is 8.07 Å². The Hall–Kier alpha value is -6.42. The first kappa shape index (κ1) is 35.7. The molecule has 0 spiro atoms. The van der Waals surface area contributed by atoms with E-state index in [1.54, 1.807) is 0 Å². The van der Waals surface area contributed by atoms with Gasteiger partial charge in [-0.15, -0.1) is 0 Å². The molecule has 0 saturated heterocycles. The summed E-state index contributed by atoms with van der Waals surface area (Å²) in [6.07, 6.45) is 2.39. The van der Waals surface area contributed by atoms with E-state index in [0.717, 1.165) is 33.2 Å². The monoisotopic (exact) mass is 777 g/mol. The first-order valence-electron chi connectivity index (χ1n) is 21.1. The van der Waals surface area contributed by atoms with Crippen molar-refractivity contribution in [1.82, 2.24) is 4.57 Å². The van der Waals surface area contributed by atoms with Gasteiger partial charge >= 0.3 is 0 Å². The predicted octanol–water partition coefficient (Wildman–Crippen LogP) is 12.1. The maximum absolute atomic E-state index is 6.59. The van der Waals surface area contributed by atoms with E-state index in [0.29, 0.717) is 0 Å². The zero-order chi connectivity index (χ0) is 39.9. The number of hydrogen-bond acceptors (Lipinski definition) is 1. The Kier molecular flexibility index (Phi) is 8.06. The molecule has 1 aliphatic carbocycles. The van der Waals surface area contributed by atoms with Gasteiger partial charge in [-0.05, 0) is 91.4 Å². The molecular formula is C56H47NOSi. The third kappa shape index (κ3) is 5.37. The summed E-state index contributed by atoms with van der Waals surface area (Å²) in [6, 6.07) is 70.4. The number of para-hydroxylation sites is 3. The predicted molar refractivity (Wildman–Crippen MR) is 252 cm³/mol. The number of hydrogen-bond donors (Lipinski definition) is 0. The highest BCUT2D eigenvalue weighted by Gasteiger charge is 2.44. The zero-order valence-corrected chi connectivity index (χ0v) is 35.2. The van der Waals surface area contributed by atoms with Crippen molar-refractivity contribution in [3.05, 3.63) is 199 Å². The van der Waals surface area contributed by atoms with Crippen molar-refractivity contribution >= 4 is 72.6 Å². The van der Waals surface area contributed by atoms with E-state index >= 15 is 0 Å². The van der Waals surface area contributed by atoms with Crippen LogP contribution in [-0.4, -0.2) is 12.6 Å². The second-order valence-electron chi connectivity index (χ2n) is 17.9. The largest absolute Gasteiger partial charge is 0.455 e. The lowest BCUT2D eigenvalue weighted by atomic mass is 9.63. The maximum Gasteiger partial charge on any atom is 0.179 e. The highest BCUT2D eigenvalue weighted by molar-refractivity contribution is 7.19. The van der Waals surface area contributed by atoms with Crippen LogP contribution in [0.1, 0.15) is 51.7 Å². The molecule has 2 heterocycles. The standard InChI is InChI=1S/C56H47NOSi/c1-55(2)35-36-56(3,4)49-37-42(33-34-48(49)55)59(39-17-7-5-8-18-39,40-19-9-6-10-20-40)41-31-29-38(30-32-41)57-50-26-13-11-22-47(50)53-44(23-16-27-51(53)57)46-25-15-24-45-43-21-12-14-28-52(43)58-54(45)46/h5-34,37H,35-36H2,1-4H3. The molecule has 1 aliphatic rings. The van der Waals surface area contributed by atoms with Crippen LogP contribution in [0.25, 0.3) is 60.6 Å². The van der Waals surface area contributed by atoms with Gasteiger partial charge in [0.25, 0.3) is 0 Å². The van der Waals surface area contributed by atoms with Crippen LogP contribution in [0, 0.1) is 0 Å². The Morgan fingerprint density at radius 3 is 1.71 bits per heavy atom. The molecule has 59 heavy (non-hydrogen) atoms. The molecule has 11 rings (SSSR count). The number of aromatic nitrogens is 1. The molecule has 0 atom stereocenters. The van der Waals surface area contributed by atoms with Gasteiger partial charge in [0.05, 0.1) is 11.0 Å². The fraction of sp³-hybridized carbons (Fsp3) is 0.143. The van der Waals surface area contributed by atoms with Crippen LogP contribution in [0.3, 0.4) is 0 Å². The van der Waals surface area contributed by atoms with Crippen molar-refractivity contribution in [1.29, 1.82) is 0 Å². The molecule has 2 nitrogen and oxygen atoms in total. The average Bonchev–Trinajstić information content (AvgIpc) is 3.83. The van der Waals surface area contributed by atoms with Crippen molar-refractivity contribution < 1.29 is 4.42 Å². The summed E-state index contributed by atoms with van der Waals surface area (Å²) in [5.41, 5.74) is 10.9. The van der Waals surface area contributed by atoms with Gasteiger partial charge in [-0.1, -0.05) is 185 Å².